The summed E-state index contributed by atoms with van der Waals surface area (Å²) >= 11 is 0. The van der Waals surface area contributed by atoms with Crippen molar-refractivity contribution in [3.63, 3.8) is 0 Å². The van der Waals surface area contributed by atoms with Crippen molar-refractivity contribution < 1.29 is 4.39 Å². The van der Waals surface area contributed by atoms with Gasteiger partial charge in [0.25, 0.3) is 0 Å². The van der Waals surface area contributed by atoms with Gasteiger partial charge in [-0.25, -0.2) is 4.39 Å². The van der Waals surface area contributed by atoms with Crippen LogP contribution in [0.2, 0.25) is 0 Å². The van der Waals surface area contributed by atoms with Gasteiger partial charge in [0.05, 0.1) is 17.4 Å². The summed E-state index contributed by atoms with van der Waals surface area (Å²) in [6.07, 6.45) is 1.05. The van der Waals surface area contributed by atoms with Gasteiger partial charge in [0.1, 0.15) is 5.82 Å². The van der Waals surface area contributed by atoms with Crippen molar-refractivity contribution >= 4 is 0 Å². The van der Waals surface area contributed by atoms with Gasteiger partial charge in [0, 0.05) is 7.05 Å². The second-order valence-corrected chi connectivity index (χ2v) is 5.22. The number of halogens is 1. The first-order valence-corrected chi connectivity index (χ1v) is 7.03. The fourth-order valence-electron chi connectivity index (χ4n) is 2.53. The van der Waals surface area contributed by atoms with E-state index < -0.39 is 0 Å². The minimum atomic E-state index is -0.193. The molecule has 0 saturated carbocycles. The van der Waals surface area contributed by atoms with Crippen molar-refractivity contribution in [2.45, 2.75) is 33.2 Å². The van der Waals surface area contributed by atoms with Gasteiger partial charge in [-0.1, -0.05) is 13.0 Å². The van der Waals surface area contributed by atoms with Crippen molar-refractivity contribution in [1.29, 1.82) is 0 Å². The molecule has 2 rings (SSSR count). The second-order valence-electron chi connectivity index (χ2n) is 5.22. The van der Waals surface area contributed by atoms with Crippen LogP contribution in [0.3, 0.4) is 0 Å². The van der Waals surface area contributed by atoms with Crippen LogP contribution in [0.25, 0.3) is 0 Å². The lowest BCUT2D eigenvalue weighted by Gasteiger charge is -2.21. The average Bonchev–Trinajstić information content (AvgIpc) is 2.71. The fourth-order valence-corrected chi connectivity index (χ4v) is 2.53. The molecule has 3 nitrogen and oxygen atoms in total. The van der Waals surface area contributed by atoms with E-state index in [1.54, 1.807) is 6.07 Å². The highest BCUT2D eigenvalue weighted by Crippen LogP contribution is 2.25. The third-order valence-electron chi connectivity index (χ3n) is 3.48. The smallest absolute Gasteiger partial charge is 0.123 e. The van der Waals surface area contributed by atoms with Crippen molar-refractivity contribution in [2.75, 3.05) is 6.54 Å². The third-order valence-corrected chi connectivity index (χ3v) is 3.48. The van der Waals surface area contributed by atoms with Crippen LogP contribution in [0.1, 0.15) is 41.9 Å². The van der Waals surface area contributed by atoms with Gasteiger partial charge in [-0.3, -0.25) is 4.68 Å². The maximum absolute atomic E-state index is 13.3. The molecular weight excluding hydrogens is 253 g/mol. The number of hydrogen-bond donors (Lipinski definition) is 1. The molecule has 1 unspecified atom stereocenters. The maximum Gasteiger partial charge on any atom is 0.123 e. The Balaban J connectivity index is 2.44. The number of nitrogens with zero attached hydrogens (tertiary/aromatic N) is 2. The average molecular weight is 275 g/mol. The molecule has 0 amide bonds. The molecule has 1 aromatic carbocycles. The lowest BCUT2D eigenvalue weighted by molar-refractivity contribution is 0.549. The first-order valence-electron chi connectivity index (χ1n) is 7.03. The van der Waals surface area contributed by atoms with E-state index in [4.69, 9.17) is 0 Å². The van der Waals surface area contributed by atoms with E-state index in [0.29, 0.717) is 0 Å². The molecule has 0 spiro atoms. The Morgan fingerprint density at radius 1 is 1.30 bits per heavy atom. The molecular formula is C16H22FN3. The zero-order chi connectivity index (χ0) is 14.7. The summed E-state index contributed by atoms with van der Waals surface area (Å²) in [6.45, 7) is 6.97. The van der Waals surface area contributed by atoms with Crippen molar-refractivity contribution in [3.05, 3.63) is 52.6 Å². The van der Waals surface area contributed by atoms with E-state index in [1.807, 2.05) is 31.6 Å². The molecule has 20 heavy (non-hydrogen) atoms. The van der Waals surface area contributed by atoms with Gasteiger partial charge in [0.2, 0.25) is 0 Å². The molecule has 0 aliphatic carbocycles. The van der Waals surface area contributed by atoms with Gasteiger partial charge in [-0.05, 0) is 56.1 Å². The van der Waals surface area contributed by atoms with E-state index in [0.717, 1.165) is 35.5 Å². The molecule has 108 valence electrons. The number of hydrogen-bond acceptors (Lipinski definition) is 2. The Labute approximate surface area is 119 Å². The van der Waals surface area contributed by atoms with E-state index in [9.17, 15) is 4.39 Å². The van der Waals surface area contributed by atoms with Crippen LogP contribution < -0.4 is 5.32 Å². The van der Waals surface area contributed by atoms with E-state index in [2.05, 4.69) is 23.4 Å². The molecule has 0 radical (unpaired) electrons. The van der Waals surface area contributed by atoms with Crippen LogP contribution >= 0.6 is 0 Å². The lowest BCUT2D eigenvalue weighted by Crippen LogP contribution is -2.26. The zero-order valence-corrected chi connectivity index (χ0v) is 12.6. The number of benzene rings is 1. The molecule has 1 aromatic heterocycles. The van der Waals surface area contributed by atoms with Crippen LogP contribution in [0.5, 0.6) is 0 Å². The van der Waals surface area contributed by atoms with Crippen LogP contribution in [0.4, 0.5) is 4.39 Å². The Morgan fingerprint density at radius 2 is 2.05 bits per heavy atom. The first kappa shape index (κ1) is 14.7. The lowest BCUT2D eigenvalue weighted by atomic mass is 9.98. The molecule has 1 heterocycles. The summed E-state index contributed by atoms with van der Waals surface area (Å²) in [4.78, 5) is 0. The Bertz CT molecular complexity index is 589. The van der Waals surface area contributed by atoms with E-state index in [-0.39, 0.29) is 11.9 Å². The molecule has 2 aromatic rings. The van der Waals surface area contributed by atoms with Gasteiger partial charge in [0.15, 0.2) is 0 Å². The molecule has 1 N–H and O–H groups in total. The summed E-state index contributed by atoms with van der Waals surface area (Å²) in [5.41, 5.74) is 4.15. The topological polar surface area (TPSA) is 29.9 Å². The zero-order valence-electron chi connectivity index (χ0n) is 12.6. The summed E-state index contributed by atoms with van der Waals surface area (Å²) in [5.74, 6) is -0.193. The summed E-state index contributed by atoms with van der Waals surface area (Å²) in [6, 6.07) is 7.09. The molecule has 0 aliphatic rings. The number of rotatable bonds is 5. The predicted molar refractivity (Wildman–Crippen MR) is 79.2 cm³/mol. The summed E-state index contributed by atoms with van der Waals surface area (Å²) < 4.78 is 15.2. The molecule has 4 heteroatoms. The Kier molecular flexibility index (Phi) is 4.55. The van der Waals surface area contributed by atoms with Crippen LogP contribution in [-0.4, -0.2) is 16.3 Å². The summed E-state index contributed by atoms with van der Waals surface area (Å²) in [5, 5.41) is 7.95. The second kappa shape index (κ2) is 6.18. The van der Waals surface area contributed by atoms with Gasteiger partial charge < -0.3 is 5.32 Å². The molecule has 0 fully saturated rings. The maximum atomic E-state index is 13.3. The van der Waals surface area contributed by atoms with Crippen molar-refractivity contribution in [1.82, 2.24) is 15.1 Å². The quantitative estimate of drug-likeness (QED) is 0.907. The highest BCUT2D eigenvalue weighted by Gasteiger charge is 2.19. The summed E-state index contributed by atoms with van der Waals surface area (Å²) in [7, 11) is 1.95. The fraction of sp³-hybridized carbons (Fsp3) is 0.438. The van der Waals surface area contributed by atoms with Crippen LogP contribution in [-0.2, 0) is 7.05 Å². The standard InChI is InChI=1S/C16H22FN3/c1-5-8-18-16(15-10-12(3)19-20(15)4)14-7-6-13(17)9-11(14)2/h6-7,9-10,16,18H,5,8H2,1-4H3. The first-order chi connectivity index (χ1) is 9.52. The van der Waals surface area contributed by atoms with Crippen LogP contribution in [0, 0.1) is 19.7 Å². The SMILES string of the molecule is CCCNC(c1ccc(F)cc1C)c1cc(C)nn1C. The minimum Gasteiger partial charge on any atom is -0.305 e. The van der Waals surface area contributed by atoms with Crippen LogP contribution in [0.15, 0.2) is 24.3 Å². The minimum absolute atomic E-state index is 0.0433. The van der Waals surface area contributed by atoms with Gasteiger partial charge in [-0.15, -0.1) is 0 Å². The van der Waals surface area contributed by atoms with Gasteiger partial charge in [-0.2, -0.15) is 5.10 Å². The van der Waals surface area contributed by atoms with Crippen molar-refractivity contribution in [2.24, 2.45) is 7.05 Å². The highest BCUT2D eigenvalue weighted by atomic mass is 19.1. The largest absolute Gasteiger partial charge is 0.305 e. The monoisotopic (exact) mass is 275 g/mol. The van der Waals surface area contributed by atoms with Gasteiger partial charge >= 0.3 is 0 Å². The Morgan fingerprint density at radius 3 is 2.60 bits per heavy atom. The Hall–Kier alpha value is -1.68. The predicted octanol–water partition coefficient (Wildman–Crippen LogP) is 3.27. The third kappa shape index (κ3) is 3.07. The molecule has 0 aliphatic heterocycles. The normalized spacial score (nSPS) is 12.7. The highest BCUT2D eigenvalue weighted by molar-refractivity contribution is 5.35. The number of aromatic nitrogens is 2. The van der Waals surface area contributed by atoms with E-state index >= 15 is 0 Å². The van der Waals surface area contributed by atoms with E-state index in [1.165, 1.54) is 6.07 Å². The number of nitrogens with one attached hydrogen (secondary N) is 1. The number of aryl methyl sites for hydroxylation is 3. The molecule has 0 saturated heterocycles. The molecule has 0 bridgehead atoms. The van der Waals surface area contributed by atoms with Crippen molar-refractivity contribution in [3.8, 4) is 0 Å². The molecule has 1 atom stereocenters.